The van der Waals surface area contributed by atoms with Crippen LogP contribution in [0.3, 0.4) is 0 Å². The Labute approximate surface area is 151 Å². The van der Waals surface area contributed by atoms with Crippen molar-refractivity contribution in [2.24, 2.45) is 0 Å². The second kappa shape index (κ2) is 8.15. The number of sulfonamides is 1. The Morgan fingerprint density at radius 2 is 2.00 bits per heavy atom. The number of carboxylic acids is 1. The van der Waals surface area contributed by atoms with Crippen molar-refractivity contribution in [2.75, 3.05) is 13.1 Å². The molecule has 0 saturated heterocycles. The predicted octanol–water partition coefficient (Wildman–Crippen LogP) is 1.61. The minimum atomic E-state index is -3.86. The Balaban J connectivity index is 2.27. The van der Waals surface area contributed by atoms with Crippen molar-refractivity contribution in [3.05, 3.63) is 53.5 Å². The third-order valence-electron chi connectivity index (χ3n) is 3.76. The van der Waals surface area contributed by atoms with Gasteiger partial charge in [-0.1, -0.05) is 6.07 Å². The molecule has 0 aliphatic heterocycles. The van der Waals surface area contributed by atoms with Gasteiger partial charge in [0.05, 0.1) is 17.7 Å². The third-order valence-corrected chi connectivity index (χ3v) is 5.16. The average molecular weight is 380 g/mol. The molecule has 0 aliphatic carbocycles. The summed E-state index contributed by atoms with van der Waals surface area (Å²) < 4.78 is 32.4. The molecule has 8 nitrogen and oxygen atoms in total. The summed E-state index contributed by atoms with van der Waals surface area (Å²) in [5, 5.41) is 8.92. The Morgan fingerprint density at radius 1 is 1.27 bits per heavy atom. The van der Waals surface area contributed by atoms with Gasteiger partial charge in [-0.25, -0.2) is 13.1 Å². The standard InChI is InChI=1S/C17H20N2O6S/c1-3-19(11-16(20)21)17(22)15-9-14(7-6-12(15)2)26(23,24)18-10-13-5-4-8-25-13/h4-9,18H,3,10-11H2,1-2H3,(H,20,21). The van der Waals surface area contributed by atoms with E-state index >= 15 is 0 Å². The van der Waals surface area contributed by atoms with Crippen LogP contribution in [0.1, 0.15) is 28.6 Å². The Bertz CT molecular complexity index is 890. The average Bonchev–Trinajstić information content (AvgIpc) is 3.11. The minimum Gasteiger partial charge on any atom is -0.480 e. The maximum absolute atomic E-state index is 12.6. The van der Waals surface area contributed by atoms with E-state index in [2.05, 4.69) is 4.72 Å². The number of furan rings is 1. The molecule has 2 N–H and O–H groups in total. The Hall–Kier alpha value is -2.65. The molecule has 1 aromatic heterocycles. The highest BCUT2D eigenvalue weighted by Gasteiger charge is 2.22. The van der Waals surface area contributed by atoms with Crippen molar-refractivity contribution >= 4 is 21.9 Å². The highest BCUT2D eigenvalue weighted by atomic mass is 32.2. The lowest BCUT2D eigenvalue weighted by Gasteiger charge is -2.20. The number of aliphatic carboxylic acids is 1. The van der Waals surface area contributed by atoms with Crippen LogP contribution in [0.5, 0.6) is 0 Å². The lowest BCUT2D eigenvalue weighted by atomic mass is 10.1. The van der Waals surface area contributed by atoms with E-state index in [0.717, 1.165) is 4.90 Å². The molecule has 0 bridgehead atoms. The zero-order valence-electron chi connectivity index (χ0n) is 14.4. The third kappa shape index (κ3) is 4.70. The summed E-state index contributed by atoms with van der Waals surface area (Å²) >= 11 is 0. The molecule has 0 spiro atoms. The van der Waals surface area contributed by atoms with Crippen molar-refractivity contribution in [3.8, 4) is 0 Å². The Morgan fingerprint density at radius 3 is 2.58 bits per heavy atom. The lowest BCUT2D eigenvalue weighted by Crippen LogP contribution is -2.36. The number of amides is 1. The molecule has 1 heterocycles. The smallest absolute Gasteiger partial charge is 0.323 e. The van der Waals surface area contributed by atoms with Crippen LogP contribution in [0.15, 0.2) is 45.9 Å². The zero-order chi connectivity index (χ0) is 19.3. The second-order valence-electron chi connectivity index (χ2n) is 5.59. The number of nitrogens with zero attached hydrogens (tertiary/aromatic N) is 1. The van der Waals surface area contributed by atoms with E-state index in [1.807, 2.05) is 0 Å². The SMILES string of the molecule is CCN(CC(=O)O)C(=O)c1cc(S(=O)(=O)NCc2ccco2)ccc1C. The first-order chi connectivity index (χ1) is 12.2. The number of nitrogens with one attached hydrogen (secondary N) is 1. The summed E-state index contributed by atoms with van der Waals surface area (Å²) in [4.78, 5) is 24.5. The van der Waals surface area contributed by atoms with Gasteiger partial charge < -0.3 is 14.4 Å². The largest absolute Gasteiger partial charge is 0.480 e. The van der Waals surface area contributed by atoms with E-state index in [0.29, 0.717) is 11.3 Å². The molecule has 140 valence electrons. The molecule has 0 fully saturated rings. The van der Waals surface area contributed by atoms with Gasteiger partial charge in [0, 0.05) is 12.1 Å². The fraction of sp³-hybridized carbons (Fsp3) is 0.294. The topological polar surface area (TPSA) is 117 Å². The Kier molecular flexibility index (Phi) is 6.17. The zero-order valence-corrected chi connectivity index (χ0v) is 15.2. The summed E-state index contributed by atoms with van der Waals surface area (Å²) in [5.41, 5.74) is 0.706. The number of hydrogen-bond acceptors (Lipinski definition) is 5. The fourth-order valence-corrected chi connectivity index (χ4v) is 3.34. The number of hydrogen-bond donors (Lipinski definition) is 2. The molecule has 0 radical (unpaired) electrons. The highest BCUT2D eigenvalue weighted by Crippen LogP contribution is 2.18. The van der Waals surface area contributed by atoms with Crippen LogP contribution in [0, 0.1) is 6.92 Å². The van der Waals surface area contributed by atoms with Crippen LogP contribution >= 0.6 is 0 Å². The quantitative estimate of drug-likeness (QED) is 0.719. The highest BCUT2D eigenvalue weighted by molar-refractivity contribution is 7.89. The lowest BCUT2D eigenvalue weighted by molar-refractivity contribution is -0.137. The van der Waals surface area contributed by atoms with Crippen molar-refractivity contribution < 1.29 is 27.5 Å². The van der Waals surface area contributed by atoms with Gasteiger partial charge >= 0.3 is 5.97 Å². The number of likely N-dealkylation sites (N-methyl/N-ethyl adjacent to an activating group) is 1. The maximum Gasteiger partial charge on any atom is 0.323 e. The number of aryl methyl sites for hydroxylation is 1. The van der Waals surface area contributed by atoms with Crippen LogP contribution < -0.4 is 4.72 Å². The van der Waals surface area contributed by atoms with E-state index in [1.165, 1.54) is 24.5 Å². The number of rotatable bonds is 8. The van der Waals surface area contributed by atoms with Gasteiger partial charge in [-0.05, 0) is 43.7 Å². The van der Waals surface area contributed by atoms with E-state index in [-0.39, 0.29) is 23.5 Å². The molecular weight excluding hydrogens is 360 g/mol. The molecule has 0 atom stereocenters. The summed E-state index contributed by atoms with van der Waals surface area (Å²) in [6.45, 7) is 3.03. The molecule has 2 aromatic rings. The van der Waals surface area contributed by atoms with Crippen LogP contribution in [-0.4, -0.2) is 43.4 Å². The number of carbonyl (C=O) groups excluding carboxylic acids is 1. The van der Waals surface area contributed by atoms with Crippen molar-refractivity contribution in [2.45, 2.75) is 25.3 Å². The van der Waals surface area contributed by atoms with Gasteiger partial charge in [-0.2, -0.15) is 0 Å². The van der Waals surface area contributed by atoms with Gasteiger partial charge in [0.25, 0.3) is 5.91 Å². The fourth-order valence-electron chi connectivity index (χ4n) is 2.32. The van der Waals surface area contributed by atoms with Crippen molar-refractivity contribution in [1.82, 2.24) is 9.62 Å². The maximum atomic E-state index is 12.6. The summed E-state index contributed by atoms with van der Waals surface area (Å²) in [5.74, 6) is -1.21. The van der Waals surface area contributed by atoms with E-state index in [4.69, 9.17) is 9.52 Å². The first kappa shape index (κ1) is 19.7. The summed E-state index contributed by atoms with van der Waals surface area (Å²) in [7, 11) is -3.86. The van der Waals surface area contributed by atoms with Crippen molar-refractivity contribution in [1.29, 1.82) is 0 Å². The van der Waals surface area contributed by atoms with E-state index < -0.39 is 28.4 Å². The van der Waals surface area contributed by atoms with Gasteiger partial charge in [0.2, 0.25) is 10.0 Å². The van der Waals surface area contributed by atoms with Crippen LogP contribution in [0.25, 0.3) is 0 Å². The molecule has 0 aliphatic rings. The molecule has 9 heteroatoms. The van der Waals surface area contributed by atoms with Gasteiger partial charge in [0.1, 0.15) is 12.3 Å². The molecule has 26 heavy (non-hydrogen) atoms. The van der Waals surface area contributed by atoms with Crippen LogP contribution in [0.2, 0.25) is 0 Å². The van der Waals surface area contributed by atoms with Gasteiger partial charge in [-0.3, -0.25) is 9.59 Å². The van der Waals surface area contributed by atoms with Gasteiger partial charge in [0.15, 0.2) is 0 Å². The minimum absolute atomic E-state index is 0.0212. The number of benzene rings is 1. The van der Waals surface area contributed by atoms with E-state index in [1.54, 1.807) is 26.0 Å². The van der Waals surface area contributed by atoms with Crippen molar-refractivity contribution in [3.63, 3.8) is 0 Å². The molecule has 2 rings (SSSR count). The first-order valence-electron chi connectivity index (χ1n) is 7.88. The second-order valence-corrected chi connectivity index (χ2v) is 7.36. The van der Waals surface area contributed by atoms with Crippen LogP contribution in [-0.2, 0) is 21.4 Å². The predicted molar refractivity (Wildman–Crippen MR) is 93.1 cm³/mol. The molecule has 0 unspecified atom stereocenters. The molecule has 0 saturated carbocycles. The summed E-state index contributed by atoms with van der Waals surface area (Å²) in [6.07, 6.45) is 1.44. The monoisotopic (exact) mass is 380 g/mol. The number of carbonyl (C=O) groups is 2. The number of carboxylic acid groups (broad SMARTS) is 1. The van der Waals surface area contributed by atoms with Crippen LogP contribution in [0.4, 0.5) is 0 Å². The molecule has 1 aromatic carbocycles. The summed E-state index contributed by atoms with van der Waals surface area (Å²) in [6, 6.07) is 7.45. The normalized spacial score (nSPS) is 11.3. The van der Waals surface area contributed by atoms with Gasteiger partial charge in [-0.15, -0.1) is 0 Å². The molecule has 1 amide bonds. The van der Waals surface area contributed by atoms with E-state index in [9.17, 15) is 18.0 Å². The molecular formula is C17H20N2O6S. The first-order valence-corrected chi connectivity index (χ1v) is 9.36.